The SMILES string of the molecule is CCn1c(-c2cnc(C)nc2)nc2c(OC3CCN(c4nccs4)C3)ncnc21. The predicted molar refractivity (Wildman–Crippen MR) is 110 cm³/mol. The summed E-state index contributed by atoms with van der Waals surface area (Å²) in [6.07, 6.45) is 7.89. The van der Waals surface area contributed by atoms with Crippen molar-refractivity contribution in [2.45, 2.75) is 32.9 Å². The van der Waals surface area contributed by atoms with E-state index in [0.717, 1.165) is 54.0 Å². The quantitative estimate of drug-likeness (QED) is 0.497. The average molecular weight is 408 g/mol. The summed E-state index contributed by atoms with van der Waals surface area (Å²) in [6.45, 7) is 6.34. The zero-order valence-corrected chi connectivity index (χ0v) is 17.0. The molecule has 1 fully saturated rings. The van der Waals surface area contributed by atoms with Crippen molar-refractivity contribution in [1.82, 2.24) is 34.5 Å². The van der Waals surface area contributed by atoms with Gasteiger partial charge in [-0.2, -0.15) is 4.98 Å². The first-order valence-corrected chi connectivity index (χ1v) is 10.4. The summed E-state index contributed by atoms with van der Waals surface area (Å²) in [5.74, 6) is 2.01. The third kappa shape index (κ3) is 3.29. The maximum Gasteiger partial charge on any atom is 0.245 e. The number of nitrogens with zero attached hydrogens (tertiary/aromatic N) is 8. The molecule has 1 unspecified atom stereocenters. The molecule has 0 saturated carbocycles. The van der Waals surface area contributed by atoms with E-state index in [1.165, 1.54) is 6.33 Å². The summed E-state index contributed by atoms with van der Waals surface area (Å²) in [5.41, 5.74) is 2.26. The lowest BCUT2D eigenvalue weighted by atomic mass is 10.3. The molecule has 0 bridgehead atoms. The molecule has 0 aromatic carbocycles. The van der Waals surface area contributed by atoms with E-state index in [9.17, 15) is 0 Å². The Labute approximate surface area is 171 Å². The van der Waals surface area contributed by atoms with Gasteiger partial charge in [0.05, 0.1) is 12.1 Å². The van der Waals surface area contributed by atoms with Gasteiger partial charge in [-0.3, -0.25) is 0 Å². The van der Waals surface area contributed by atoms with Crippen molar-refractivity contribution < 1.29 is 4.74 Å². The highest BCUT2D eigenvalue weighted by Crippen LogP contribution is 2.30. The Balaban J connectivity index is 1.46. The number of thiazole rings is 1. The van der Waals surface area contributed by atoms with Crippen LogP contribution in [0.2, 0.25) is 0 Å². The van der Waals surface area contributed by atoms with Gasteiger partial charge in [0.1, 0.15) is 24.1 Å². The highest BCUT2D eigenvalue weighted by molar-refractivity contribution is 7.13. The van der Waals surface area contributed by atoms with Gasteiger partial charge in [-0.1, -0.05) is 0 Å². The lowest BCUT2D eigenvalue weighted by Gasteiger charge is -2.15. The van der Waals surface area contributed by atoms with E-state index in [4.69, 9.17) is 9.72 Å². The standard InChI is InChI=1S/C19H20N8OS/c1-3-27-16(13-8-21-12(2)22-9-13)25-15-17(27)23-11-24-18(15)28-14-4-6-26(10-14)19-20-5-7-29-19/h5,7-9,11,14H,3-4,6,10H2,1-2H3. The van der Waals surface area contributed by atoms with E-state index in [0.29, 0.717) is 11.4 Å². The lowest BCUT2D eigenvalue weighted by Crippen LogP contribution is -2.24. The second kappa shape index (κ2) is 7.36. The molecular formula is C19H20N8OS. The molecule has 0 amide bonds. The molecule has 1 aliphatic rings. The number of ether oxygens (including phenoxy) is 1. The van der Waals surface area contributed by atoms with Crippen LogP contribution in [0.3, 0.4) is 0 Å². The molecule has 1 atom stereocenters. The highest BCUT2D eigenvalue weighted by atomic mass is 32.1. The maximum absolute atomic E-state index is 6.26. The third-order valence-corrected chi connectivity index (χ3v) is 5.80. The Bertz CT molecular complexity index is 1130. The van der Waals surface area contributed by atoms with Gasteiger partial charge in [-0.05, 0) is 13.8 Å². The van der Waals surface area contributed by atoms with Crippen molar-refractivity contribution in [1.29, 1.82) is 0 Å². The summed E-state index contributed by atoms with van der Waals surface area (Å²) in [6, 6.07) is 0. The Kier molecular flexibility index (Phi) is 4.55. The number of aryl methyl sites for hydroxylation is 2. The van der Waals surface area contributed by atoms with Crippen LogP contribution in [0.25, 0.3) is 22.6 Å². The van der Waals surface area contributed by atoms with Crippen LogP contribution in [0, 0.1) is 6.92 Å². The van der Waals surface area contributed by atoms with Gasteiger partial charge in [0, 0.05) is 43.5 Å². The molecule has 0 radical (unpaired) electrons. The van der Waals surface area contributed by atoms with Gasteiger partial charge in [0.15, 0.2) is 16.3 Å². The number of hydrogen-bond donors (Lipinski definition) is 0. The minimum atomic E-state index is 0.0370. The molecule has 10 heteroatoms. The number of rotatable bonds is 5. The molecule has 29 heavy (non-hydrogen) atoms. The summed E-state index contributed by atoms with van der Waals surface area (Å²) >= 11 is 1.64. The molecule has 5 heterocycles. The average Bonchev–Trinajstić information content (AvgIpc) is 3.48. The number of aromatic nitrogens is 7. The highest BCUT2D eigenvalue weighted by Gasteiger charge is 2.27. The number of anilines is 1. The molecule has 1 saturated heterocycles. The zero-order chi connectivity index (χ0) is 19.8. The topological polar surface area (TPSA) is 94.7 Å². The monoisotopic (exact) mass is 408 g/mol. The number of hydrogen-bond acceptors (Lipinski definition) is 9. The predicted octanol–water partition coefficient (Wildman–Crippen LogP) is 2.73. The van der Waals surface area contributed by atoms with Crippen molar-refractivity contribution in [2.24, 2.45) is 0 Å². The zero-order valence-electron chi connectivity index (χ0n) is 16.2. The molecule has 5 rings (SSSR count). The van der Waals surface area contributed by atoms with Crippen LogP contribution in [0.5, 0.6) is 5.88 Å². The van der Waals surface area contributed by atoms with Gasteiger partial charge < -0.3 is 14.2 Å². The van der Waals surface area contributed by atoms with Gasteiger partial charge in [0.2, 0.25) is 5.88 Å². The normalized spacial score (nSPS) is 16.6. The molecule has 0 aliphatic carbocycles. The van der Waals surface area contributed by atoms with E-state index >= 15 is 0 Å². The molecule has 0 spiro atoms. The molecule has 1 aliphatic heterocycles. The van der Waals surface area contributed by atoms with Gasteiger partial charge in [0.25, 0.3) is 0 Å². The Hall–Kier alpha value is -3.14. The maximum atomic E-state index is 6.26. The molecule has 9 nitrogen and oxygen atoms in total. The molecular weight excluding hydrogens is 388 g/mol. The second-order valence-corrected chi connectivity index (χ2v) is 7.71. The van der Waals surface area contributed by atoms with Crippen LogP contribution in [-0.2, 0) is 6.54 Å². The Morgan fingerprint density at radius 2 is 2.03 bits per heavy atom. The smallest absolute Gasteiger partial charge is 0.245 e. The van der Waals surface area contributed by atoms with E-state index in [1.807, 2.05) is 23.1 Å². The van der Waals surface area contributed by atoms with Crippen LogP contribution in [0.1, 0.15) is 19.2 Å². The first-order valence-electron chi connectivity index (χ1n) is 9.54. The van der Waals surface area contributed by atoms with Crippen LogP contribution < -0.4 is 9.64 Å². The minimum Gasteiger partial charge on any atom is -0.471 e. The Morgan fingerprint density at radius 1 is 1.17 bits per heavy atom. The van der Waals surface area contributed by atoms with Crippen LogP contribution in [-0.4, -0.2) is 53.7 Å². The third-order valence-electron chi connectivity index (χ3n) is 4.97. The van der Waals surface area contributed by atoms with E-state index in [2.05, 4.69) is 36.7 Å². The van der Waals surface area contributed by atoms with Crippen LogP contribution in [0.15, 0.2) is 30.3 Å². The second-order valence-electron chi connectivity index (χ2n) is 6.84. The molecule has 0 N–H and O–H groups in total. The fraction of sp³-hybridized carbons (Fsp3) is 0.368. The first-order chi connectivity index (χ1) is 14.2. The van der Waals surface area contributed by atoms with Gasteiger partial charge >= 0.3 is 0 Å². The van der Waals surface area contributed by atoms with Crippen molar-refractivity contribution in [3.05, 3.63) is 36.1 Å². The van der Waals surface area contributed by atoms with Gasteiger partial charge in [-0.15, -0.1) is 11.3 Å². The fourth-order valence-electron chi connectivity index (χ4n) is 3.56. The van der Waals surface area contributed by atoms with Crippen molar-refractivity contribution >= 4 is 27.6 Å². The Morgan fingerprint density at radius 3 is 2.79 bits per heavy atom. The van der Waals surface area contributed by atoms with Crippen LogP contribution >= 0.6 is 11.3 Å². The van der Waals surface area contributed by atoms with Crippen molar-refractivity contribution in [3.63, 3.8) is 0 Å². The summed E-state index contributed by atoms with van der Waals surface area (Å²) in [5, 5.41) is 3.02. The van der Waals surface area contributed by atoms with Crippen LogP contribution in [0.4, 0.5) is 5.13 Å². The first kappa shape index (κ1) is 17.9. The minimum absolute atomic E-state index is 0.0370. The van der Waals surface area contributed by atoms with E-state index in [1.54, 1.807) is 23.7 Å². The summed E-state index contributed by atoms with van der Waals surface area (Å²) in [4.78, 5) is 28.9. The van der Waals surface area contributed by atoms with Crippen molar-refractivity contribution in [3.8, 4) is 17.3 Å². The fourth-order valence-corrected chi connectivity index (χ4v) is 4.24. The molecule has 4 aromatic rings. The summed E-state index contributed by atoms with van der Waals surface area (Å²) < 4.78 is 8.30. The van der Waals surface area contributed by atoms with E-state index in [-0.39, 0.29) is 6.10 Å². The molecule has 4 aromatic heterocycles. The van der Waals surface area contributed by atoms with Crippen molar-refractivity contribution in [2.75, 3.05) is 18.0 Å². The number of fused-ring (bicyclic) bond motifs is 1. The lowest BCUT2D eigenvalue weighted by molar-refractivity contribution is 0.218. The van der Waals surface area contributed by atoms with Gasteiger partial charge in [-0.25, -0.2) is 24.9 Å². The number of imidazole rings is 1. The summed E-state index contributed by atoms with van der Waals surface area (Å²) in [7, 11) is 0. The van der Waals surface area contributed by atoms with E-state index < -0.39 is 0 Å². The molecule has 148 valence electrons. The largest absolute Gasteiger partial charge is 0.471 e.